The van der Waals surface area contributed by atoms with Gasteiger partial charge < -0.3 is 9.80 Å². The lowest BCUT2D eigenvalue weighted by atomic mass is 9.96. The van der Waals surface area contributed by atoms with E-state index in [1.54, 1.807) is 0 Å². The van der Waals surface area contributed by atoms with Crippen LogP contribution in [-0.2, 0) is 9.59 Å². The molecule has 24 heavy (non-hydrogen) atoms. The molecule has 0 radical (unpaired) electrons. The Labute approximate surface area is 143 Å². The molecule has 1 saturated carbocycles. The minimum atomic E-state index is 0.0229. The van der Waals surface area contributed by atoms with Gasteiger partial charge in [-0.1, -0.05) is 30.3 Å². The highest BCUT2D eigenvalue weighted by Gasteiger charge is 2.46. The Morgan fingerprint density at radius 3 is 2.33 bits per heavy atom. The number of rotatable bonds is 3. The van der Waals surface area contributed by atoms with Crippen molar-refractivity contribution in [1.29, 1.82) is 0 Å². The van der Waals surface area contributed by atoms with Crippen LogP contribution in [0.25, 0.3) is 0 Å². The highest BCUT2D eigenvalue weighted by Crippen LogP contribution is 2.48. The molecule has 0 spiro atoms. The van der Waals surface area contributed by atoms with E-state index in [9.17, 15) is 9.59 Å². The van der Waals surface area contributed by atoms with Crippen molar-refractivity contribution in [2.45, 2.75) is 38.0 Å². The predicted octanol–water partition coefficient (Wildman–Crippen LogP) is 2.65. The van der Waals surface area contributed by atoms with Crippen LogP contribution in [0.3, 0.4) is 0 Å². The minimum Gasteiger partial charge on any atom is -0.342 e. The topological polar surface area (TPSA) is 40.6 Å². The molecule has 2 aliphatic heterocycles. The quantitative estimate of drug-likeness (QED) is 0.857. The van der Waals surface area contributed by atoms with Crippen LogP contribution >= 0.6 is 0 Å². The Morgan fingerprint density at radius 1 is 0.875 bits per heavy atom. The summed E-state index contributed by atoms with van der Waals surface area (Å²) in [6.07, 6.45) is 5.11. The van der Waals surface area contributed by atoms with E-state index >= 15 is 0 Å². The zero-order valence-electron chi connectivity index (χ0n) is 14.2. The highest BCUT2D eigenvalue weighted by molar-refractivity contribution is 5.85. The van der Waals surface area contributed by atoms with E-state index in [0.29, 0.717) is 12.5 Å². The highest BCUT2D eigenvalue weighted by atomic mass is 16.2. The molecule has 0 bridgehead atoms. The third-order valence-electron chi connectivity index (χ3n) is 5.84. The molecule has 2 heterocycles. The van der Waals surface area contributed by atoms with Gasteiger partial charge in [0.2, 0.25) is 11.8 Å². The van der Waals surface area contributed by atoms with Gasteiger partial charge in [-0.25, -0.2) is 0 Å². The first-order chi connectivity index (χ1) is 11.7. The Hall–Kier alpha value is -1.84. The van der Waals surface area contributed by atoms with Gasteiger partial charge in [0, 0.05) is 32.1 Å². The first-order valence-electron chi connectivity index (χ1n) is 9.36. The lowest BCUT2D eigenvalue weighted by molar-refractivity contribution is -0.140. The van der Waals surface area contributed by atoms with E-state index in [2.05, 4.69) is 12.1 Å². The normalized spacial score (nSPS) is 29.6. The lowest BCUT2D eigenvalue weighted by Gasteiger charge is -2.34. The summed E-state index contributed by atoms with van der Waals surface area (Å²) in [6, 6.07) is 10.3. The standard InChI is InChI=1S/C20H26N2O2/c23-19(21-10-4-5-11-21)16-9-6-12-22(14-16)20(24)18-13-17(18)15-7-2-1-3-8-15/h1-3,7-8,16-18H,4-6,9-14H2/t16-,17+,18+/m1/s1. The largest absolute Gasteiger partial charge is 0.342 e. The molecule has 1 aromatic carbocycles. The van der Waals surface area contributed by atoms with Crippen molar-refractivity contribution >= 4 is 11.8 Å². The van der Waals surface area contributed by atoms with Crippen LogP contribution in [0.2, 0.25) is 0 Å². The number of benzene rings is 1. The molecule has 0 N–H and O–H groups in total. The number of amides is 2. The van der Waals surface area contributed by atoms with Crippen LogP contribution in [0.4, 0.5) is 0 Å². The molecule has 3 atom stereocenters. The van der Waals surface area contributed by atoms with Crippen molar-refractivity contribution in [2.24, 2.45) is 11.8 Å². The first-order valence-corrected chi connectivity index (χ1v) is 9.36. The SMILES string of the molecule is O=C([C@@H]1CCCN(C(=O)[C@H]2C[C@H]2c2ccccc2)C1)N1CCCC1. The smallest absolute Gasteiger partial charge is 0.227 e. The number of carbonyl (C=O) groups is 2. The summed E-state index contributed by atoms with van der Waals surface area (Å²) in [6.45, 7) is 3.26. The second kappa shape index (κ2) is 6.58. The van der Waals surface area contributed by atoms with Crippen LogP contribution < -0.4 is 0 Å². The molecule has 2 saturated heterocycles. The van der Waals surface area contributed by atoms with E-state index in [1.807, 2.05) is 28.0 Å². The Morgan fingerprint density at radius 2 is 1.58 bits per heavy atom. The van der Waals surface area contributed by atoms with Crippen molar-refractivity contribution in [1.82, 2.24) is 9.80 Å². The molecular weight excluding hydrogens is 300 g/mol. The fourth-order valence-electron chi connectivity index (χ4n) is 4.35. The molecular formula is C20H26N2O2. The molecule has 4 nitrogen and oxygen atoms in total. The predicted molar refractivity (Wildman–Crippen MR) is 92.4 cm³/mol. The number of likely N-dealkylation sites (tertiary alicyclic amines) is 2. The molecule has 0 aromatic heterocycles. The van der Waals surface area contributed by atoms with Gasteiger partial charge in [0.25, 0.3) is 0 Å². The van der Waals surface area contributed by atoms with E-state index in [1.165, 1.54) is 5.56 Å². The van der Waals surface area contributed by atoms with Gasteiger partial charge in [-0.15, -0.1) is 0 Å². The van der Waals surface area contributed by atoms with Crippen molar-refractivity contribution < 1.29 is 9.59 Å². The lowest BCUT2D eigenvalue weighted by Crippen LogP contribution is -2.46. The summed E-state index contributed by atoms with van der Waals surface area (Å²) in [5.41, 5.74) is 1.28. The second-order valence-corrected chi connectivity index (χ2v) is 7.52. The molecule has 4 rings (SSSR count). The maximum atomic E-state index is 12.8. The Balaban J connectivity index is 1.36. The summed E-state index contributed by atoms with van der Waals surface area (Å²) in [4.78, 5) is 29.4. The summed E-state index contributed by atoms with van der Waals surface area (Å²) in [5.74, 6) is 1.08. The van der Waals surface area contributed by atoms with E-state index in [4.69, 9.17) is 0 Å². The van der Waals surface area contributed by atoms with Gasteiger partial charge in [0.15, 0.2) is 0 Å². The molecule has 1 aromatic rings. The Kier molecular flexibility index (Phi) is 4.30. The molecule has 4 heteroatoms. The average molecular weight is 326 g/mol. The third-order valence-corrected chi connectivity index (χ3v) is 5.84. The van der Waals surface area contributed by atoms with Crippen LogP contribution in [0, 0.1) is 11.8 Å². The monoisotopic (exact) mass is 326 g/mol. The molecule has 3 fully saturated rings. The fourth-order valence-corrected chi connectivity index (χ4v) is 4.35. The number of nitrogens with zero attached hydrogens (tertiary/aromatic N) is 2. The Bertz CT molecular complexity index is 609. The van der Waals surface area contributed by atoms with Crippen molar-refractivity contribution in [3.05, 3.63) is 35.9 Å². The second-order valence-electron chi connectivity index (χ2n) is 7.52. The van der Waals surface area contributed by atoms with Gasteiger partial charge in [-0.3, -0.25) is 9.59 Å². The molecule has 0 unspecified atom stereocenters. The summed E-state index contributed by atoms with van der Waals surface area (Å²) in [7, 11) is 0. The summed E-state index contributed by atoms with van der Waals surface area (Å²) < 4.78 is 0. The summed E-state index contributed by atoms with van der Waals surface area (Å²) >= 11 is 0. The zero-order chi connectivity index (χ0) is 16.5. The number of hydrogen-bond donors (Lipinski definition) is 0. The maximum absolute atomic E-state index is 12.8. The number of piperidine rings is 1. The van der Waals surface area contributed by atoms with Crippen molar-refractivity contribution in [3.63, 3.8) is 0 Å². The molecule has 128 valence electrons. The van der Waals surface area contributed by atoms with Gasteiger partial charge in [0.05, 0.1) is 5.92 Å². The molecule has 1 aliphatic carbocycles. The molecule has 3 aliphatic rings. The van der Waals surface area contributed by atoms with Crippen LogP contribution in [0.5, 0.6) is 0 Å². The van der Waals surface area contributed by atoms with E-state index in [-0.39, 0.29) is 23.7 Å². The van der Waals surface area contributed by atoms with Crippen LogP contribution in [0.15, 0.2) is 30.3 Å². The average Bonchev–Trinajstić information content (AvgIpc) is 3.26. The molecule has 2 amide bonds. The van der Waals surface area contributed by atoms with Gasteiger partial charge in [-0.05, 0) is 43.6 Å². The van der Waals surface area contributed by atoms with E-state index in [0.717, 1.165) is 51.7 Å². The summed E-state index contributed by atoms with van der Waals surface area (Å²) in [5, 5.41) is 0. The van der Waals surface area contributed by atoms with Gasteiger partial charge >= 0.3 is 0 Å². The fraction of sp³-hybridized carbons (Fsp3) is 0.600. The third kappa shape index (κ3) is 3.06. The van der Waals surface area contributed by atoms with Gasteiger partial charge in [-0.2, -0.15) is 0 Å². The van der Waals surface area contributed by atoms with E-state index < -0.39 is 0 Å². The first kappa shape index (κ1) is 15.7. The van der Waals surface area contributed by atoms with Gasteiger partial charge in [0.1, 0.15) is 0 Å². The number of hydrogen-bond acceptors (Lipinski definition) is 2. The van der Waals surface area contributed by atoms with Crippen LogP contribution in [-0.4, -0.2) is 47.8 Å². The number of carbonyl (C=O) groups excluding carboxylic acids is 2. The van der Waals surface area contributed by atoms with Crippen molar-refractivity contribution in [3.8, 4) is 0 Å². The van der Waals surface area contributed by atoms with Crippen molar-refractivity contribution in [2.75, 3.05) is 26.2 Å². The van der Waals surface area contributed by atoms with Crippen LogP contribution in [0.1, 0.15) is 43.6 Å². The maximum Gasteiger partial charge on any atom is 0.227 e. The minimum absolute atomic E-state index is 0.0229. The zero-order valence-corrected chi connectivity index (χ0v) is 14.2.